The summed E-state index contributed by atoms with van der Waals surface area (Å²) in [5, 5.41) is 0. The number of aromatic nitrogens is 1. The number of hydrogen-bond donors (Lipinski definition) is 0. The van der Waals surface area contributed by atoms with Crippen LogP contribution in [0.4, 0.5) is 4.39 Å². The van der Waals surface area contributed by atoms with E-state index in [0.29, 0.717) is 48.5 Å². The van der Waals surface area contributed by atoms with Gasteiger partial charge in [0.05, 0.1) is 16.5 Å². The van der Waals surface area contributed by atoms with Crippen molar-refractivity contribution in [2.75, 3.05) is 13.1 Å². The van der Waals surface area contributed by atoms with E-state index < -0.39 is 21.7 Å². The van der Waals surface area contributed by atoms with E-state index in [1.165, 1.54) is 12.3 Å². The number of fused-ring (bicyclic) bond motifs is 1. The van der Waals surface area contributed by atoms with Crippen molar-refractivity contribution < 1.29 is 22.3 Å². The Morgan fingerprint density at radius 3 is 2.44 bits per heavy atom. The molecule has 41 heavy (non-hydrogen) atoms. The second-order valence-electron chi connectivity index (χ2n) is 11.1. The fourth-order valence-corrected chi connectivity index (χ4v) is 6.82. The van der Waals surface area contributed by atoms with Crippen LogP contribution in [-0.2, 0) is 23.0 Å². The van der Waals surface area contributed by atoms with Crippen LogP contribution in [0.2, 0.25) is 0 Å². The first-order valence-corrected chi connectivity index (χ1v) is 15.8. The van der Waals surface area contributed by atoms with Crippen molar-refractivity contribution in [3.8, 4) is 5.88 Å². The van der Waals surface area contributed by atoms with E-state index in [1.54, 1.807) is 45.6 Å². The Hall–Kier alpha value is -3.30. The molecular formula is C32H40FN3O4S. The third-order valence-corrected chi connectivity index (χ3v) is 9.47. The average molecular weight is 582 g/mol. The highest BCUT2D eigenvalue weighted by atomic mass is 32.2. The molecule has 0 fully saturated rings. The monoisotopic (exact) mass is 581 g/mol. The lowest BCUT2D eigenvalue weighted by molar-refractivity contribution is 0.0445. The first-order chi connectivity index (χ1) is 19.5. The number of sulfonamides is 1. The molecule has 0 saturated carbocycles. The van der Waals surface area contributed by atoms with Crippen molar-refractivity contribution in [1.29, 1.82) is 0 Å². The Kier molecular flexibility index (Phi) is 9.49. The minimum absolute atomic E-state index is 0.108. The van der Waals surface area contributed by atoms with Gasteiger partial charge in [0.25, 0.3) is 5.91 Å². The molecular weight excluding hydrogens is 541 g/mol. The maximum absolute atomic E-state index is 14.4. The summed E-state index contributed by atoms with van der Waals surface area (Å²) >= 11 is 0. The minimum atomic E-state index is -3.88. The summed E-state index contributed by atoms with van der Waals surface area (Å²) in [4.78, 5) is 19.9. The number of amides is 1. The fourth-order valence-electron chi connectivity index (χ4n) is 5.18. The van der Waals surface area contributed by atoms with E-state index in [9.17, 15) is 17.6 Å². The van der Waals surface area contributed by atoms with E-state index in [-0.39, 0.29) is 23.2 Å². The Morgan fingerprint density at radius 1 is 1.10 bits per heavy atom. The zero-order valence-corrected chi connectivity index (χ0v) is 25.4. The van der Waals surface area contributed by atoms with Gasteiger partial charge in [0.1, 0.15) is 11.4 Å². The van der Waals surface area contributed by atoms with Crippen LogP contribution >= 0.6 is 0 Å². The van der Waals surface area contributed by atoms with E-state index in [4.69, 9.17) is 4.74 Å². The molecule has 1 aliphatic heterocycles. The molecule has 1 amide bonds. The van der Waals surface area contributed by atoms with Gasteiger partial charge in [-0.25, -0.2) is 17.8 Å². The third kappa shape index (κ3) is 6.79. The predicted octanol–water partition coefficient (Wildman–Crippen LogP) is 6.54. The van der Waals surface area contributed by atoms with Gasteiger partial charge in [0.15, 0.2) is 0 Å². The molecule has 1 atom stereocenters. The summed E-state index contributed by atoms with van der Waals surface area (Å²) in [6, 6.07) is 14.5. The number of aryl methyl sites for hydroxylation is 1. The molecule has 9 heteroatoms. The van der Waals surface area contributed by atoms with Crippen LogP contribution in [0.25, 0.3) is 0 Å². The zero-order chi connectivity index (χ0) is 29.8. The van der Waals surface area contributed by atoms with Crippen molar-refractivity contribution in [1.82, 2.24) is 14.2 Å². The van der Waals surface area contributed by atoms with Crippen LogP contribution in [0, 0.1) is 5.82 Å². The van der Waals surface area contributed by atoms with Crippen LogP contribution < -0.4 is 4.74 Å². The summed E-state index contributed by atoms with van der Waals surface area (Å²) in [7, 11) is -3.88. The number of unbranched alkanes of at least 4 members (excludes halogenated alkanes) is 1. The lowest BCUT2D eigenvalue weighted by Gasteiger charge is -2.41. The number of carbonyl (C=O) groups is 1. The Bertz CT molecular complexity index is 1470. The van der Waals surface area contributed by atoms with Gasteiger partial charge in [-0.15, -0.1) is 0 Å². The van der Waals surface area contributed by atoms with Gasteiger partial charge in [-0.05, 0) is 63.4 Å². The van der Waals surface area contributed by atoms with Gasteiger partial charge in [0, 0.05) is 43.4 Å². The fraction of sp³-hybridized carbons (Fsp3) is 0.438. The number of pyridine rings is 1. The summed E-state index contributed by atoms with van der Waals surface area (Å²) < 4.78 is 50.3. The molecule has 0 saturated heterocycles. The van der Waals surface area contributed by atoms with E-state index >= 15 is 0 Å². The highest BCUT2D eigenvalue weighted by molar-refractivity contribution is 7.89. The SMILES string of the molecule is CCCCN([C@H]1CC(C)(C)Oc2ncc(C(=O)N(CC)Cc3ccccc3F)cc21)S(=O)(=O)c1ccc(CC)cc1. The Labute approximate surface area is 243 Å². The van der Waals surface area contributed by atoms with Gasteiger partial charge in [-0.1, -0.05) is 50.6 Å². The molecule has 0 N–H and O–H groups in total. The first kappa shape index (κ1) is 30.7. The second-order valence-corrected chi connectivity index (χ2v) is 13.0. The molecule has 0 spiro atoms. The number of carbonyl (C=O) groups excluding carboxylic acids is 1. The Balaban J connectivity index is 1.75. The van der Waals surface area contributed by atoms with Crippen LogP contribution in [0.1, 0.15) is 87.0 Å². The molecule has 7 nitrogen and oxygen atoms in total. The molecule has 2 aromatic carbocycles. The van der Waals surface area contributed by atoms with Crippen LogP contribution in [0.5, 0.6) is 5.88 Å². The smallest absolute Gasteiger partial charge is 0.255 e. The third-order valence-electron chi connectivity index (χ3n) is 7.55. The molecule has 1 aliphatic rings. The molecule has 4 rings (SSSR count). The number of benzene rings is 2. The van der Waals surface area contributed by atoms with Crippen LogP contribution in [0.15, 0.2) is 65.7 Å². The maximum Gasteiger partial charge on any atom is 0.255 e. The first-order valence-electron chi connectivity index (χ1n) is 14.3. The minimum Gasteiger partial charge on any atom is -0.471 e. The molecule has 0 aliphatic carbocycles. The zero-order valence-electron chi connectivity index (χ0n) is 24.6. The molecule has 2 heterocycles. The Morgan fingerprint density at radius 2 is 1.80 bits per heavy atom. The van der Waals surface area contributed by atoms with Crippen molar-refractivity contribution in [3.05, 3.63) is 88.9 Å². The predicted molar refractivity (Wildman–Crippen MR) is 158 cm³/mol. The molecule has 220 valence electrons. The highest BCUT2D eigenvalue weighted by Crippen LogP contribution is 2.44. The highest BCUT2D eigenvalue weighted by Gasteiger charge is 2.42. The van der Waals surface area contributed by atoms with Gasteiger partial charge in [0.2, 0.25) is 15.9 Å². The number of nitrogens with zero attached hydrogens (tertiary/aromatic N) is 3. The van der Waals surface area contributed by atoms with Crippen molar-refractivity contribution in [2.45, 2.75) is 83.4 Å². The van der Waals surface area contributed by atoms with Crippen molar-refractivity contribution in [3.63, 3.8) is 0 Å². The van der Waals surface area contributed by atoms with Crippen molar-refractivity contribution >= 4 is 15.9 Å². The van der Waals surface area contributed by atoms with Gasteiger partial charge < -0.3 is 9.64 Å². The van der Waals surface area contributed by atoms with Crippen LogP contribution in [-0.4, -0.2) is 47.2 Å². The topological polar surface area (TPSA) is 79.8 Å². The summed E-state index contributed by atoms with van der Waals surface area (Å²) in [6.07, 6.45) is 4.16. The van der Waals surface area contributed by atoms with Crippen LogP contribution in [0.3, 0.4) is 0 Å². The van der Waals surface area contributed by atoms with E-state index in [2.05, 4.69) is 4.98 Å². The number of rotatable bonds is 11. The molecule has 1 aromatic heterocycles. The molecule has 0 bridgehead atoms. The van der Waals surface area contributed by atoms with E-state index in [0.717, 1.165) is 18.4 Å². The maximum atomic E-state index is 14.4. The number of ether oxygens (including phenoxy) is 1. The summed E-state index contributed by atoms with van der Waals surface area (Å²) in [5.41, 5.74) is 1.66. The molecule has 0 radical (unpaired) electrons. The number of hydrogen-bond acceptors (Lipinski definition) is 5. The number of halogens is 1. The summed E-state index contributed by atoms with van der Waals surface area (Å²) in [6.45, 7) is 10.5. The lowest BCUT2D eigenvalue weighted by Crippen LogP contribution is -2.44. The average Bonchev–Trinajstić information content (AvgIpc) is 2.95. The van der Waals surface area contributed by atoms with E-state index in [1.807, 2.05) is 46.8 Å². The van der Waals surface area contributed by atoms with Gasteiger partial charge in [-0.3, -0.25) is 4.79 Å². The molecule has 3 aromatic rings. The van der Waals surface area contributed by atoms with Crippen molar-refractivity contribution in [2.24, 2.45) is 0 Å². The van der Waals surface area contributed by atoms with Gasteiger partial charge in [-0.2, -0.15) is 4.31 Å². The second kappa shape index (κ2) is 12.7. The normalized spacial score (nSPS) is 16.2. The van der Waals surface area contributed by atoms with Gasteiger partial charge >= 0.3 is 0 Å². The standard InChI is InChI=1S/C32H40FN3O4S/c1-6-9-18-36(41(38,39)26-16-14-23(7-2)15-17-26)29-20-32(4,5)40-30-27(29)19-25(21-34-30)31(37)35(8-3)22-24-12-10-11-13-28(24)33/h10-17,19,21,29H,6-9,18,20,22H2,1-5H3/t29-/m0/s1. The largest absolute Gasteiger partial charge is 0.471 e. The molecule has 0 unspecified atom stereocenters. The lowest BCUT2D eigenvalue weighted by atomic mass is 9.90. The quantitative estimate of drug-likeness (QED) is 0.257. The summed E-state index contributed by atoms with van der Waals surface area (Å²) in [5.74, 6) is -0.368.